The first kappa shape index (κ1) is 19.5. The first-order valence-electron chi connectivity index (χ1n) is 9.30. The molecule has 4 rings (SSSR count). The lowest BCUT2D eigenvalue weighted by Crippen LogP contribution is -2.41. The number of nitrogens with one attached hydrogen (secondary N) is 1. The maximum absolute atomic E-state index is 13.1. The highest BCUT2D eigenvalue weighted by Gasteiger charge is 2.34. The molecule has 0 fully saturated rings. The molecule has 1 aliphatic heterocycles. The second kappa shape index (κ2) is 7.87. The average molecular weight is 455 g/mol. The summed E-state index contributed by atoms with van der Waals surface area (Å²) in [6, 6.07) is 11.3. The lowest BCUT2D eigenvalue weighted by atomic mass is 9.93. The Labute approximate surface area is 176 Å². The number of aromatic nitrogens is 1. The molecule has 4 nitrogen and oxygen atoms in total. The number of carbonyl (C=O) groups is 1. The average Bonchev–Trinajstić information content (AvgIpc) is 3.08. The summed E-state index contributed by atoms with van der Waals surface area (Å²) >= 11 is 3.54. The van der Waals surface area contributed by atoms with Crippen molar-refractivity contribution in [1.29, 1.82) is 0 Å². The number of hydrogen-bond acceptors (Lipinski definition) is 2. The lowest BCUT2D eigenvalue weighted by Gasteiger charge is -2.35. The molecule has 3 aromatic rings. The fraction of sp³-hybridized carbons (Fsp3) is 0.174. The van der Waals surface area contributed by atoms with E-state index >= 15 is 0 Å². The second-order valence-corrected chi connectivity index (χ2v) is 7.97. The van der Waals surface area contributed by atoms with Crippen LogP contribution >= 0.6 is 15.9 Å². The Balaban J connectivity index is 1.69. The first-order chi connectivity index (χ1) is 14.0. The van der Waals surface area contributed by atoms with Crippen molar-refractivity contribution in [1.82, 2.24) is 9.88 Å². The maximum atomic E-state index is 13.1. The smallest absolute Gasteiger partial charge is 0.410 e. The van der Waals surface area contributed by atoms with Crippen LogP contribution in [0, 0.1) is 5.82 Å². The molecule has 6 heteroatoms. The van der Waals surface area contributed by atoms with Crippen LogP contribution < -0.4 is 4.74 Å². The highest BCUT2D eigenvalue weighted by molar-refractivity contribution is 9.10. The van der Waals surface area contributed by atoms with Crippen LogP contribution in [0.2, 0.25) is 0 Å². The van der Waals surface area contributed by atoms with Gasteiger partial charge in [0.15, 0.2) is 0 Å². The van der Waals surface area contributed by atoms with Crippen LogP contribution in [0.25, 0.3) is 10.9 Å². The Hall–Kier alpha value is -2.86. The molecule has 2 heterocycles. The summed E-state index contributed by atoms with van der Waals surface area (Å²) in [4.78, 5) is 18.1. The SMILES string of the molecule is C=CC(=C)CC1c2[nH]c3ccc(Br)cc3c2CCN1C(=O)Oc1ccc(F)cc1. The zero-order valence-electron chi connectivity index (χ0n) is 15.8. The molecule has 1 amide bonds. The van der Waals surface area contributed by atoms with Gasteiger partial charge in [-0.3, -0.25) is 4.90 Å². The maximum Gasteiger partial charge on any atom is 0.415 e. The number of amides is 1. The third-order valence-electron chi connectivity index (χ3n) is 5.21. The summed E-state index contributed by atoms with van der Waals surface area (Å²) in [6.07, 6.45) is 2.49. The van der Waals surface area contributed by atoms with Crippen molar-refractivity contribution < 1.29 is 13.9 Å². The van der Waals surface area contributed by atoms with Crippen molar-refractivity contribution in [3.8, 4) is 5.75 Å². The van der Waals surface area contributed by atoms with Crippen LogP contribution in [0.5, 0.6) is 5.75 Å². The van der Waals surface area contributed by atoms with Gasteiger partial charge in [0.2, 0.25) is 0 Å². The molecule has 1 N–H and O–H groups in total. The quantitative estimate of drug-likeness (QED) is 0.470. The highest BCUT2D eigenvalue weighted by atomic mass is 79.9. The van der Waals surface area contributed by atoms with Gasteiger partial charge >= 0.3 is 6.09 Å². The van der Waals surface area contributed by atoms with Gasteiger partial charge < -0.3 is 9.72 Å². The van der Waals surface area contributed by atoms with Crippen molar-refractivity contribution in [2.75, 3.05) is 6.54 Å². The van der Waals surface area contributed by atoms with Gasteiger partial charge in [-0.1, -0.05) is 40.7 Å². The van der Waals surface area contributed by atoms with E-state index in [-0.39, 0.29) is 11.9 Å². The van der Waals surface area contributed by atoms with Crippen molar-refractivity contribution in [2.24, 2.45) is 0 Å². The molecule has 0 radical (unpaired) electrons. The third-order valence-corrected chi connectivity index (χ3v) is 5.70. The van der Waals surface area contributed by atoms with Gasteiger partial charge in [-0.15, -0.1) is 0 Å². The molecule has 0 saturated heterocycles. The molecule has 29 heavy (non-hydrogen) atoms. The Kier molecular flexibility index (Phi) is 5.28. The van der Waals surface area contributed by atoms with Gasteiger partial charge in [0.1, 0.15) is 11.6 Å². The van der Waals surface area contributed by atoms with Crippen molar-refractivity contribution >= 4 is 32.9 Å². The molecule has 0 aliphatic carbocycles. The molecular weight excluding hydrogens is 435 g/mol. The Morgan fingerprint density at radius 2 is 2.07 bits per heavy atom. The topological polar surface area (TPSA) is 45.3 Å². The van der Waals surface area contributed by atoms with Crippen molar-refractivity contribution in [2.45, 2.75) is 18.9 Å². The molecule has 0 spiro atoms. The summed E-state index contributed by atoms with van der Waals surface area (Å²) in [6.45, 7) is 8.35. The van der Waals surface area contributed by atoms with Gasteiger partial charge in [0.25, 0.3) is 0 Å². The van der Waals surface area contributed by atoms with E-state index in [4.69, 9.17) is 4.74 Å². The molecule has 0 bridgehead atoms. The van der Waals surface area contributed by atoms with Crippen LogP contribution in [-0.2, 0) is 6.42 Å². The van der Waals surface area contributed by atoms with E-state index in [1.54, 1.807) is 11.0 Å². The zero-order chi connectivity index (χ0) is 20.5. The summed E-state index contributed by atoms with van der Waals surface area (Å²) in [5.74, 6) is -0.0686. The van der Waals surface area contributed by atoms with Crippen molar-refractivity contribution in [3.05, 3.63) is 88.8 Å². The number of rotatable bonds is 4. The number of H-pyrrole nitrogens is 1. The molecule has 148 valence electrons. The van der Waals surface area contributed by atoms with Crippen LogP contribution in [0.15, 0.2) is 71.7 Å². The van der Waals surface area contributed by atoms with E-state index in [0.717, 1.165) is 26.6 Å². The predicted octanol–water partition coefficient (Wildman–Crippen LogP) is 6.30. The van der Waals surface area contributed by atoms with Crippen LogP contribution in [0.1, 0.15) is 23.7 Å². The van der Waals surface area contributed by atoms with E-state index in [1.165, 1.54) is 29.8 Å². The number of benzene rings is 2. The number of ether oxygens (including phenoxy) is 1. The number of hydrogen-bond donors (Lipinski definition) is 1. The van der Waals surface area contributed by atoms with Gasteiger partial charge in [-0.2, -0.15) is 0 Å². The largest absolute Gasteiger partial charge is 0.415 e. The minimum absolute atomic E-state index is 0.247. The van der Waals surface area contributed by atoms with E-state index < -0.39 is 6.09 Å². The molecule has 1 aromatic heterocycles. The molecular formula is C23H20BrFN2O2. The lowest BCUT2D eigenvalue weighted by molar-refractivity contribution is 0.125. The predicted molar refractivity (Wildman–Crippen MR) is 116 cm³/mol. The van der Waals surface area contributed by atoms with E-state index in [0.29, 0.717) is 25.1 Å². The number of nitrogens with zero attached hydrogens (tertiary/aromatic N) is 1. The Morgan fingerprint density at radius 1 is 1.31 bits per heavy atom. The van der Waals surface area contributed by atoms with Gasteiger partial charge in [0, 0.05) is 27.6 Å². The standard InChI is InChI=1S/C23H20BrFN2O2/c1-3-14(2)12-21-22-18(19-13-15(24)4-9-20(19)26-22)10-11-27(21)23(28)29-17-7-5-16(25)6-8-17/h3-9,13,21,26H,1-2,10-12H2. The number of allylic oxidation sites excluding steroid dienone is 1. The fourth-order valence-corrected chi connectivity index (χ4v) is 4.12. The molecule has 2 aromatic carbocycles. The van der Waals surface area contributed by atoms with Crippen LogP contribution in [0.3, 0.4) is 0 Å². The molecule has 1 unspecified atom stereocenters. The van der Waals surface area contributed by atoms with Gasteiger partial charge in [-0.05, 0) is 60.9 Å². The normalized spacial score (nSPS) is 15.8. The third kappa shape index (κ3) is 3.85. The Morgan fingerprint density at radius 3 is 2.79 bits per heavy atom. The monoisotopic (exact) mass is 454 g/mol. The number of halogens is 2. The van der Waals surface area contributed by atoms with Crippen molar-refractivity contribution in [3.63, 3.8) is 0 Å². The van der Waals surface area contributed by atoms with E-state index in [9.17, 15) is 9.18 Å². The number of aromatic amines is 1. The molecule has 0 saturated carbocycles. The fourth-order valence-electron chi connectivity index (χ4n) is 3.76. The number of carbonyl (C=O) groups excluding carboxylic acids is 1. The minimum atomic E-state index is -0.469. The van der Waals surface area contributed by atoms with Gasteiger partial charge in [-0.25, -0.2) is 9.18 Å². The summed E-state index contributed by atoms with van der Waals surface area (Å²) in [5.41, 5.74) is 4.06. The molecule has 1 atom stereocenters. The summed E-state index contributed by atoms with van der Waals surface area (Å²) in [7, 11) is 0. The van der Waals surface area contributed by atoms with E-state index in [1.807, 2.05) is 12.1 Å². The summed E-state index contributed by atoms with van der Waals surface area (Å²) in [5, 5.41) is 1.15. The zero-order valence-corrected chi connectivity index (χ0v) is 17.3. The van der Waals surface area contributed by atoms with Crippen LogP contribution in [-0.4, -0.2) is 22.5 Å². The summed E-state index contributed by atoms with van der Waals surface area (Å²) < 4.78 is 19.7. The minimum Gasteiger partial charge on any atom is -0.410 e. The number of fused-ring (bicyclic) bond motifs is 3. The van der Waals surface area contributed by atoms with Gasteiger partial charge in [0.05, 0.1) is 6.04 Å². The Bertz CT molecular complexity index is 1100. The van der Waals surface area contributed by atoms with Crippen LogP contribution in [0.4, 0.5) is 9.18 Å². The van der Waals surface area contributed by atoms with E-state index in [2.05, 4.69) is 40.1 Å². The second-order valence-electron chi connectivity index (χ2n) is 7.05. The molecule has 1 aliphatic rings. The highest BCUT2D eigenvalue weighted by Crippen LogP contribution is 2.39. The first-order valence-corrected chi connectivity index (χ1v) is 10.1.